The summed E-state index contributed by atoms with van der Waals surface area (Å²) in [6.07, 6.45) is 7.46. The van der Waals surface area contributed by atoms with E-state index in [-0.39, 0.29) is 22.8 Å². The molecule has 1 aliphatic rings. The molecule has 4 heteroatoms. The molecule has 1 saturated heterocycles. The molecular weight excluding hydrogens is 473 g/mol. The molecule has 1 fully saturated rings. The predicted octanol–water partition coefficient (Wildman–Crippen LogP) is 8.66. The Balaban J connectivity index is 2.23. The number of benzene rings is 2. The number of rotatable bonds is 10. The van der Waals surface area contributed by atoms with Crippen LogP contribution in [-0.2, 0) is 20.7 Å². The summed E-state index contributed by atoms with van der Waals surface area (Å²) in [5.41, 5.74) is 5.46. The van der Waals surface area contributed by atoms with Crippen LogP contribution < -0.4 is 14.9 Å². The minimum Gasteiger partial charge on any atom is -0.467 e. The summed E-state index contributed by atoms with van der Waals surface area (Å²) in [6, 6.07) is 14.0. The highest BCUT2D eigenvalue weighted by Gasteiger charge is 2.36. The molecule has 1 aliphatic heterocycles. The van der Waals surface area contributed by atoms with Crippen molar-refractivity contribution in [3.8, 4) is 5.75 Å². The van der Waals surface area contributed by atoms with Gasteiger partial charge in [0.15, 0.2) is 6.79 Å². The molecular formula is C33H52NO2P. The van der Waals surface area contributed by atoms with Gasteiger partial charge in [-0.15, -0.1) is 0 Å². The number of para-hydroxylation sites is 1. The van der Waals surface area contributed by atoms with Crippen molar-refractivity contribution >= 4 is 19.6 Å². The van der Waals surface area contributed by atoms with E-state index >= 15 is 0 Å². The number of unbranched alkanes of at least 4 members (excludes halogenated alkanes) is 1. The summed E-state index contributed by atoms with van der Waals surface area (Å²) < 4.78 is 11.9. The van der Waals surface area contributed by atoms with Crippen LogP contribution in [0.15, 0.2) is 36.4 Å². The van der Waals surface area contributed by atoms with E-state index in [1.54, 1.807) is 7.11 Å². The average Bonchev–Trinajstić information content (AvgIpc) is 2.85. The summed E-state index contributed by atoms with van der Waals surface area (Å²) in [6.45, 7) is 21.3. The van der Waals surface area contributed by atoms with Crippen LogP contribution in [0.25, 0.3) is 0 Å². The Bertz CT molecular complexity index is 1010. The third kappa shape index (κ3) is 7.51. The summed E-state index contributed by atoms with van der Waals surface area (Å²) in [5, 5.41) is 1.45. The maximum Gasteiger partial charge on any atom is 0.188 e. The van der Waals surface area contributed by atoms with E-state index in [1.807, 2.05) is 0 Å². The molecule has 0 amide bonds. The zero-order valence-corrected chi connectivity index (χ0v) is 26.1. The van der Waals surface area contributed by atoms with Gasteiger partial charge in [-0.3, -0.25) is 0 Å². The number of hydrogen-bond acceptors (Lipinski definition) is 3. The lowest BCUT2D eigenvalue weighted by Gasteiger charge is -2.38. The van der Waals surface area contributed by atoms with E-state index in [0.29, 0.717) is 8.58 Å². The average molecular weight is 526 g/mol. The minimum absolute atomic E-state index is 0.0355. The van der Waals surface area contributed by atoms with Gasteiger partial charge in [0.1, 0.15) is 5.75 Å². The van der Waals surface area contributed by atoms with Crippen molar-refractivity contribution in [2.24, 2.45) is 0 Å². The topological polar surface area (TPSA) is 21.7 Å². The molecule has 3 nitrogen and oxygen atoms in total. The first-order valence-electron chi connectivity index (χ1n) is 14.3. The number of nitrogens with zero attached hydrogens (tertiary/aromatic N) is 1. The molecule has 206 valence electrons. The molecule has 0 N–H and O–H groups in total. The van der Waals surface area contributed by atoms with Crippen LogP contribution in [0.3, 0.4) is 0 Å². The Morgan fingerprint density at radius 1 is 0.865 bits per heavy atom. The summed E-state index contributed by atoms with van der Waals surface area (Å²) >= 11 is 0. The third-order valence-electron chi connectivity index (χ3n) is 7.72. The molecule has 2 unspecified atom stereocenters. The van der Waals surface area contributed by atoms with E-state index in [0.717, 1.165) is 12.2 Å². The van der Waals surface area contributed by atoms with Crippen molar-refractivity contribution in [2.45, 2.75) is 110 Å². The Kier molecular flexibility index (Phi) is 10.1. The van der Waals surface area contributed by atoms with Gasteiger partial charge < -0.3 is 14.4 Å². The van der Waals surface area contributed by atoms with Crippen LogP contribution in [-0.4, -0.2) is 27.0 Å². The van der Waals surface area contributed by atoms with Gasteiger partial charge in [0, 0.05) is 42.2 Å². The largest absolute Gasteiger partial charge is 0.467 e. The molecule has 3 rings (SSSR count). The quantitative estimate of drug-likeness (QED) is 0.229. The van der Waals surface area contributed by atoms with Crippen molar-refractivity contribution in [3.63, 3.8) is 0 Å². The SMILES string of the molecule is CCCCC(C)(Pc1ccccc1N1CCCCC1)c1cc(C(C)(C)C)cc(C(C)(C)C)c1OCOC. The van der Waals surface area contributed by atoms with Gasteiger partial charge in [-0.2, -0.15) is 0 Å². The highest BCUT2D eigenvalue weighted by Crippen LogP contribution is 2.52. The molecule has 2 aromatic carbocycles. The molecule has 0 aliphatic carbocycles. The highest BCUT2D eigenvalue weighted by molar-refractivity contribution is 7.49. The standard InChI is InChI=1S/C33H52NO2P/c1-10-11-19-33(8,37-29-18-14-13-17-28(29)34-20-15-12-16-21-34)27-23-25(31(2,3)4)22-26(32(5,6)7)30(27)36-24-35-9/h13-14,17-18,22-23,37H,10-12,15-16,19-21,24H2,1-9H3. The fraction of sp³-hybridized carbons (Fsp3) is 0.636. The van der Waals surface area contributed by atoms with Gasteiger partial charge in [-0.05, 0) is 53.4 Å². The Hall–Kier alpha value is -1.57. The second kappa shape index (κ2) is 12.5. The minimum atomic E-state index is -0.0421. The number of methoxy groups -OCH3 is 1. The van der Waals surface area contributed by atoms with Crippen LogP contribution in [0.5, 0.6) is 5.75 Å². The van der Waals surface area contributed by atoms with Gasteiger partial charge in [0.2, 0.25) is 0 Å². The maximum absolute atomic E-state index is 6.49. The number of ether oxygens (including phenoxy) is 2. The molecule has 2 atom stereocenters. The van der Waals surface area contributed by atoms with E-state index < -0.39 is 0 Å². The summed E-state index contributed by atoms with van der Waals surface area (Å²) in [7, 11) is 2.37. The Labute approximate surface area is 229 Å². The zero-order chi connectivity index (χ0) is 27.3. The van der Waals surface area contributed by atoms with E-state index in [2.05, 4.69) is 96.7 Å². The highest BCUT2D eigenvalue weighted by atomic mass is 31.1. The first-order valence-corrected chi connectivity index (χ1v) is 15.3. The molecule has 0 spiro atoms. The molecule has 0 radical (unpaired) electrons. The molecule has 1 heterocycles. The maximum atomic E-state index is 6.49. The lowest BCUT2D eigenvalue weighted by molar-refractivity contribution is 0.0486. The molecule has 37 heavy (non-hydrogen) atoms. The van der Waals surface area contributed by atoms with E-state index in [9.17, 15) is 0 Å². The fourth-order valence-electron chi connectivity index (χ4n) is 5.38. The van der Waals surface area contributed by atoms with Crippen molar-refractivity contribution in [1.29, 1.82) is 0 Å². The lowest BCUT2D eigenvalue weighted by Crippen LogP contribution is -2.33. The molecule has 2 aromatic rings. The summed E-state index contributed by atoms with van der Waals surface area (Å²) in [5.74, 6) is 1.03. The zero-order valence-electron chi connectivity index (χ0n) is 25.1. The van der Waals surface area contributed by atoms with Gasteiger partial charge >= 0.3 is 0 Å². The van der Waals surface area contributed by atoms with Crippen LogP contribution >= 0.6 is 8.58 Å². The lowest BCUT2D eigenvalue weighted by atomic mass is 9.76. The van der Waals surface area contributed by atoms with Crippen molar-refractivity contribution < 1.29 is 9.47 Å². The second-order valence-corrected chi connectivity index (χ2v) is 15.0. The van der Waals surface area contributed by atoms with Crippen LogP contribution in [0.2, 0.25) is 0 Å². The smallest absolute Gasteiger partial charge is 0.188 e. The third-order valence-corrected chi connectivity index (χ3v) is 9.48. The molecule has 0 saturated carbocycles. The van der Waals surface area contributed by atoms with Gasteiger partial charge in [-0.25, -0.2) is 0 Å². The normalized spacial score (nSPS) is 16.8. The summed E-state index contributed by atoms with van der Waals surface area (Å²) in [4.78, 5) is 2.63. The first kappa shape index (κ1) is 30.0. The molecule has 0 bridgehead atoms. The van der Waals surface area contributed by atoms with E-state index in [1.165, 1.54) is 72.9 Å². The Morgan fingerprint density at radius 3 is 2.11 bits per heavy atom. The van der Waals surface area contributed by atoms with Gasteiger partial charge in [0.05, 0.1) is 0 Å². The van der Waals surface area contributed by atoms with Crippen molar-refractivity contribution in [3.05, 3.63) is 53.1 Å². The number of hydrogen-bond donors (Lipinski definition) is 0. The first-order chi connectivity index (χ1) is 17.4. The Morgan fingerprint density at radius 2 is 1.51 bits per heavy atom. The fourth-order valence-corrected chi connectivity index (χ4v) is 7.15. The van der Waals surface area contributed by atoms with Gasteiger partial charge in [-0.1, -0.05) is 107 Å². The second-order valence-electron chi connectivity index (χ2n) is 13.1. The van der Waals surface area contributed by atoms with E-state index in [4.69, 9.17) is 9.47 Å². The van der Waals surface area contributed by atoms with Crippen LogP contribution in [0.4, 0.5) is 5.69 Å². The van der Waals surface area contributed by atoms with Crippen LogP contribution in [0, 0.1) is 0 Å². The number of piperidine rings is 1. The van der Waals surface area contributed by atoms with Crippen LogP contribution in [0.1, 0.15) is 111 Å². The number of anilines is 1. The predicted molar refractivity (Wildman–Crippen MR) is 164 cm³/mol. The van der Waals surface area contributed by atoms with Crippen molar-refractivity contribution in [1.82, 2.24) is 0 Å². The monoisotopic (exact) mass is 525 g/mol. The van der Waals surface area contributed by atoms with Crippen molar-refractivity contribution in [2.75, 3.05) is 31.9 Å². The van der Waals surface area contributed by atoms with Gasteiger partial charge in [0.25, 0.3) is 0 Å². The molecule has 0 aromatic heterocycles.